The number of allylic oxidation sites excluding steroid dienone is 3. The van der Waals surface area contributed by atoms with E-state index in [0.717, 1.165) is 18.4 Å². The summed E-state index contributed by atoms with van der Waals surface area (Å²) >= 11 is 7.27. The summed E-state index contributed by atoms with van der Waals surface area (Å²) in [4.78, 5) is 20.9. The van der Waals surface area contributed by atoms with Gasteiger partial charge in [0.05, 0.1) is 18.4 Å². The number of aryl methyl sites for hydroxylation is 1. The lowest BCUT2D eigenvalue weighted by Gasteiger charge is -2.39. The lowest BCUT2D eigenvalue weighted by atomic mass is 9.76. The number of hydrogen-bond donors (Lipinski definition) is 2. The van der Waals surface area contributed by atoms with Crippen molar-refractivity contribution >= 4 is 34.9 Å². The van der Waals surface area contributed by atoms with E-state index >= 15 is 13.2 Å². The van der Waals surface area contributed by atoms with Crippen LogP contribution in [0.25, 0.3) is 5.57 Å². The van der Waals surface area contributed by atoms with Crippen molar-refractivity contribution in [1.29, 1.82) is 0 Å². The quantitative estimate of drug-likeness (QED) is 0.185. The van der Waals surface area contributed by atoms with Gasteiger partial charge in [0, 0.05) is 43.9 Å². The van der Waals surface area contributed by atoms with Crippen LogP contribution in [0.4, 0.5) is 24.9 Å². The molecule has 2 aliphatic heterocycles. The minimum absolute atomic E-state index is 0.0111. The number of anilines is 2. The Hall–Kier alpha value is -4.30. The number of nitrogens with zero attached hydrogens (tertiary/aromatic N) is 5. The number of nitrogens with one attached hydrogen (secondary N) is 1. The van der Waals surface area contributed by atoms with Gasteiger partial charge in [-0.25, -0.2) is 4.68 Å². The Morgan fingerprint density at radius 1 is 1.12 bits per heavy atom. The number of aromatic nitrogens is 4. The average Bonchev–Trinajstić information content (AvgIpc) is 3.71. The Morgan fingerprint density at radius 3 is 2.47 bits per heavy atom. The van der Waals surface area contributed by atoms with Gasteiger partial charge in [0.1, 0.15) is 17.6 Å². The molecular formula is C36H43ClF3N7O4. The van der Waals surface area contributed by atoms with Crippen LogP contribution >= 0.6 is 11.6 Å². The predicted molar refractivity (Wildman–Crippen MR) is 188 cm³/mol. The number of rotatable bonds is 10. The molecule has 11 nitrogen and oxygen atoms in total. The summed E-state index contributed by atoms with van der Waals surface area (Å²) in [5.74, 6) is 0.217. The maximum Gasteiger partial charge on any atom is 0.429 e. The molecule has 1 aromatic carbocycles. The molecule has 2 saturated heterocycles. The molecule has 0 bridgehead atoms. The normalized spacial score (nSPS) is 22.5. The molecule has 3 atom stereocenters. The van der Waals surface area contributed by atoms with E-state index < -0.39 is 17.3 Å². The SMILES string of the molecule is CCOC(=O)[C@@H]1CC2(CCN(c3cc(O[C@H](C4=CC=C(c5ccc(OC(C)C)cc5)CC4(Cl)n4ccc(C)n4)C(F)(F)F)nc(N)n3)CC2)CN1. The van der Waals surface area contributed by atoms with E-state index in [1.807, 2.05) is 43.0 Å². The zero-order valence-corrected chi connectivity index (χ0v) is 29.8. The van der Waals surface area contributed by atoms with Crippen molar-refractivity contribution in [3.8, 4) is 11.6 Å². The van der Waals surface area contributed by atoms with E-state index in [0.29, 0.717) is 55.5 Å². The van der Waals surface area contributed by atoms with Crippen LogP contribution in [-0.2, 0) is 14.5 Å². The zero-order chi connectivity index (χ0) is 36.6. The first kappa shape index (κ1) is 36.5. The number of nitrogens with two attached hydrogens (primary N) is 1. The van der Waals surface area contributed by atoms with Gasteiger partial charge in [-0.2, -0.15) is 28.2 Å². The molecule has 15 heteroatoms. The number of halogens is 4. The lowest BCUT2D eigenvalue weighted by Crippen LogP contribution is -2.46. The second-order valence-electron chi connectivity index (χ2n) is 13.7. The van der Waals surface area contributed by atoms with Gasteiger partial charge in [-0.1, -0.05) is 35.9 Å². The third-order valence-electron chi connectivity index (χ3n) is 9.62. The number of ether oxygens (including phenoxy) is 3. The maximum absolute atomic E-state index is 15.1. The van der Waals surface area contributed by atoms with E-state index in [2.05, 4.69) is 20.4 Å². The molecule has 2 aromatic heterocycles. The van der Waals surface area contributed by atoms with E-state index in [1.54, 1.807) is 32.2 Å². The van der Waals surface area contributed by atoms with Gasteiger partial charge >= 0.3 is 12.1 Å². The van der Waals surface area contributed by atoms with Crippen molar-refractivity contribution in [2.45, 2.75) is 82.8 Å². The first-order chi connectivity index (χ1) is 24.2. The molecular weight excluding hydrogens is 687 g/mol. The number of piperidine rings is 1. The fraction of sp³-hybridized carbons (Fsp3) is 0.500. The fourth-order valence-corrected chi connectivity index (χ4v) is 7.46. The van der Waals surface area contributed by atoms with E-state index in [9.17, 15) is 4.79 Å². The van der Waals surface area contributed by atoms with Crippen LogP contribution in [0.3, 0.4) is 0 Å². The average molecular weight is 730 g/mol. The van der Waals surface area contributed by atoms with Crippen molar-refractivity contribution in [2.75, 3.05) is 36.9 Å². The molecule has 3 N–H and O–H groups in total. The number of hydrogen-bond acceptors (Lipinski definition) is 10. The largest absolute Gasteiger partial charge is 0.491 e. The summed E-state index contributed by atoms with van der Waals surface area (Å²) in [6.45, 7) is 9.48. The summed E-state index contributed by atoms with van der Waals surface area (Å²) in [5, 5.41) is 7.72. The zero-order valence-electron chi connectivity index (χ0n) is 29.0. The highest BCUT2D eigenvalue weighted by atomic mass is 35.5. The Balaban J connectivity index is 1.27. The molecule has 1 aliphatic carbocycles. The van der Waals surface area contributed by atoms with Crippen LogP contribution in [0.1, 0.15) is 57.7 Å². The minimum Gasteiger partial charge on any atom is -0.491 e. The molecule has 2 fully saturated rings. The van der Waals surface area contributed by atoms with Gasteiger partial charge < -0.3 is 30.2 Å². The predicted octanol–water partition coefficient (Wildman–Crippen LogP) is 6.18. The smallest absolute Gasteiger partial charge is 0.429 e. The van der Waals surface area contributed by atoms with Crippen LogP contribution in [0.5, 0.6) is 11.6 Å². The summed E-state index contributed by atoms with van der Waals surface area (Å²) in [7, 11) is 0. The molecule has 1 unspecified atom stereocenters. The molecule has 4 heterocycles. The van der Waals surface area contributed by atoms with Crippen molar-refractivity contribution in [3.05, 3.63) is 71.6 Å². The van der Waals surface area contributed by atoms with Crippen molar-refractivity contribution in [1.82, 2.24) is 25.1 Å². The molecule has 6 rings (SSSR count). The molecule has 274 valence electrons. The van der Waals surface area contributed by atoms with Gasteiger partial charge in [-0.05, 0) is 81.7 Å². The Kier molecular flexibility index (Phi) is 10.3. The van der Waals surface area contributed by atoms with Crippen molar-refractivity contribution in [3.63, 3.8) is 0 Å². The van der Waals surface area contributed by atoms with E-state index in [1.165, 1.54) is 16.8 Å². The van der Waals surface area contributed by atoms with Gasteiger partial charge in [-0.3, -0.25) is 4.79 Å². The fourth-order valence-electron chi connectivity index (χ4n) is 7.06. The summed E-state index contributed by atoms with van der Waals surface area (Å²) in [5.41, 5.74) is 7.78. The highest BCUT2D eigenvalue weighted by molar-refractivity contribution is 6.24. The molecule has 0 radical (unpaired) electrons. The highest BCUT2D eigenvalue weighted by Crippen LogP contribution is 2.48. The van der Waals surface area contributed by atoms with E-state index in [4.69, 9.17) is 31.5 Å². The van der Waals surface area contributed by atoms with Gasteiger partial charge in [0.25, 0.3) is 0 Å². The Bertz CT molecular complexity index is 1790. The molecule has 0 amide bonds. The van der Waals surface area contributed by atoms with Crippen molar-refractivity contribution < 1.29 is 32.2 Å². The number of nitrogen functional groups attached to an aromatic ring is 1. The van der Waals surface area contributed by atoms with Crippen LogP contribution in [0.2, 0.25) is 0 Å². The Morgan fingerprint density at radius 2 is 1.84 bits per heavy atom. The second-order valence-corrected chi connectivity index (χ2v) is 14.3. The van der Waals surface area contributed by atoms with Crippen LogP contribution in [0, 0.1) is 12.3 Å². The molecule has 1 spiro atoms. The number of benzene rings is 1. The molecule has 51 heavy (non-hydrogen) atoms. The monoisotopic (exact) mass is 729 g/mol. The first-order valence-electron chi connectivity index (χ1n) is 17.1. The minimum atomic E-state index is -4.89. The number of alkyl halides is 4. The van der Waals surface area contributed by atoms with E-state index in [-0.39, 0.29) is 47.4 Å². The maximum atomic E-state index is 15.1. The highest BCUT2D eigenvalue weighted by Gasteiger charge is 2.53. The standard InChI is InChI=1S/C36H43ClF3N7O4/c1-5-49-32(48)28-20-34(21-42-28)13-16-46(17-14-34)29-18-30(44-33(41)43-29)51-31(36(38,39)40)27-11-8-25(19-35(27,37)47-15-12-23(4)45-47)24-6-9-26(10-7-24)50-22(2)3/h6-12,15,18,22,28,31,42H,5,13-14,16-17,19-21H2,1-4H3,(H2,41,43,44)/t28-,31+,35?/m0/s1. The Labute approximate surface area is 300 Å². The summed E-state index contributed by atoms with van der Waals surface area (Å²) in [6.07, 6.45) is -0.717. The van der Waals surface area contributed by atoms with Gasteiger partial charge in [-0.15, -0.1) is 0 Å². The number of carbonyl (C=O) groups is 1. The first-order valence-corrected chi connectivity index (χ1v) is 17.5. The molecule has 3 aromatic rings. The second kappa shape index (κ2) is 14.4. The van der Waals surface area contributed by atoms with Crippen LogP contribution in [0.15, 0.2) is 60.3 Å². The third kappa shape index (κ3) is 7.96. The van der Waals surface area contributed by atoms with Crippen molar-refractivity contribution in [2.24, 2.45) is 5.41 Å². The summed E-state index contributed by atoms with van der Waals surface area (Å²) < 4.78 is 63.2. The lowest BCUT2D eigenvalue weighted by molar-refractivity contribution is -0.186. The van der Waals surface area contributed by atoms with Gasteiger partial charge in [0.2, 0.25) is 17.9 Å². The number of carbonyl (C=O) groups excluding carboxylic acids is 1. The molecule has 0 saturated carbocycles. The molecule has 3 aliphatic rings. The topological polar surface area (TPSA) is 130 Å². The third-order valence-corrected chi connectivity index (χ3v) is 10.1. The number of esters is 1. The van der Waals surface area contributed by atoms with Crippen LogP contribution in [-0.4, -0.2) is 76.4 Å². The summed E-state index contributed by atoms with van der Waals surface area (Å²) in [6, 6.07) is 10.0. The van der Waals surface area contributed by atoms with Gasteiger partial charge in [0.15, 0.2) is 5.00 Å². The van der Waals surface area contributed by atoms with Crippen LogP contribution < -0.4 is 25.4 Å².